The van der Waals surface area contributed by atoms with E-state index in [9.17, 15) is 4.79 Å². The van der Waals surface area contributed by atoms with Gasteiger partial charge in [-0.3, -0.25) is 4.79 Å². The molecule has 0 unspecified atom stereocenters. The SMILES string of the molecule is Cc1ccc(C)n1-c1cccc(-c2nnnn2CC(=O)O)c1. The number of rotatable bonds is 4. The van der Waals surface area contributed by atoms with E-state index < -0.39 is 5.97 Å². The summed E-state index contributed by atoms with van der Waals surface area (Å²) in [5.74, 6) is -0.548. The van der Waals surface area contributed by atoms with Gasteiger partial charge in [-0.2, -0.15) is 0 Å². The van der Waals surface area contributed by atoms with Gasteiger partial charge in [-0.15, -0.1) is 5.10 Å². The number of nitrogens with zero attached hydrogens (tertiary/aromatic N) is 5. The van der Waals surface area contributed by atoms with Crippen molar-refractivity contribution in [2.45, 2.75) is 20.4 Å². The smallest absolute Gasteiger partial charge is 0.325 e. The van der Waals surface area contributed by atoms with Gasteiger partial charge in [0.05, 0.1) is 0 Å². The number of hydrogen-bond acceptors (Lipinski definition) is 4. The lowest BCUT2D eigenvalue weighted by Crippen LogP contribution is -2.11. The van der Waals surface area contributed by atoms with Crippen molar-refractivity contribution >= 4 is 5.97 Å². The van der Waals surface area contributed by atoms with E-state index in [4.69, 9.17) is 5.11 Å². The van der Waals surface area contributed by atoms with Crippen LogP contribution in [0.25, 0.3) is 17.1 Å². The van der Waals surface area contributed by atoms with Crippen LogP contribution in [0.1, 0.15) is 11.4 Å². The first-order valence-corrected chi connectivity index (χ1v) is 6.80. The van der Waals surface area contributed by atoms with Crippen LogP contribution in [0.4, 0.5) is 0 Å². The molecule has 7 nitrogen and oxygen atoms in total. The number of hydrogen-bond donors (Lipinski definition) is 1. The Bertz CT molecular complexity index is 815. The number of aromatic nitrogens is 5. The highest BCUT2D eigenvalue weighted by atomic mass is 16.4. The van der Waals surface area contributed by atoms with Crippen LogP contribution in [0.15, 0.2) is 36.4 Å². The van der Waals surface area contributed by atoms with Crippen molar-refractivity contribution in [3.63, 3.8) is 0 Å². The second kappa shape index (κ2) is 5.44. The Labute approximate surface area is 126 Å². The van der Waals surface area contributed by atoms with Crippen molar-refractivity contribution in [3.05, 3.63) is 47.8 Å². The molecule has 0 aliphatic carbocycles. The summed E-state index contributed by atoms with van der Waals surface area (Å²) >= 11 is 0. The molecule has 0 amide bonds. The third kappa shape index (κ3) is 2.48. The van der Waals surface area contributed by atoms with Gasteiger partial charge >= 0.3 is 5.97 Å². The maximum absolute atomic E-state index is 10.9. The average Bonchev–Trinajstić information content (AvgIpc) is 3.05. The van der Waals surface area contributed by atoms with Gasteiger partial charge in [-0.25, -0.2) is 4.68 Å². The van der Waals surface area contributed by atoms with E-state index >= 15 is 0 Å². The van der Waals surface area contributed by atoms with Crippen LogP contribution in [0.3, 0.4) is 0 Å². The minimum absolute atomic E-state index is 0.270. The number of tetrazole rings is 1. The van der Waals surface area contributed by atoms with Crippen molar-refractivity contribution in [3.8, 4) is 17.1 Å². The van der Waals surface area contributed by atoms with Gasteiger partial charge in [0.25, 0.3) is 0 Å². The highest BCUT2D eigenvalue weighted by Crippen LogP contribution is 2.22. The fraction of sp³-hybridized carbons (Fsp3) is 0.200. The molecule has 22 heavy (non-hydrogen) atoms. The van der Waals surface area contributed by atoms with E-state index in [1.807, 2.05) is 38.1 Å². The Hall–Kier alpha value is -2.96. The van der Waals surface area contributed by atoms with Crippen molar-refractivity contribution in [1.82, 2.24) is 24.8 Å². The third-order valence-corrected chi connectivity index (χ3v) is 3.45. The van der Waals surface area contributed by atoms with E-state index in [2.05, 4.69) is 32.2 Å². The summed E-state index contributed by atoms with van der Waals surface area (Å²) in [6, 6.07) is 11.8. The van der Waals surface area contributed by atoms with Crippen LogP contribution in [-0.4, -0.2) is 35.9 Å². The molecule has 0 fully saturated rings. The fourth-order valence-corrected chi connectivity index (χ4v) is 2.51. The summed E-state index contributed by atoms with van der Waals surface area (Å²) in [6.07, 6.45) is 0. The third-order valence-electron chi connectivity index (χ3n) is 3.45. The topological polar surface area (TPSA) is 85.8 Å². The molecule has 0 radical (unpaired) electrons. The minimum atomic E-state index is -0.984. The minimum Gasteiger partial charge on any atom is -0.480 e. The molecule has 2 aromatic heterocycles. The van der Waals surface area contributed by atoms with Gasteiger partial charge in [0.1, 0.15) is 6.54 Å². The number of aryl methyl sites for hydroxylation is 2. The van der Waals surface area contributed by atoms with Gasteiger partial charge in [-0.05, 0) is 48.5 Å². The Balaban J connectivity index is 2.06. The monoisotopic (exact) mass is 297 g/mol. The standard InChI is InChI=1S/C15H15N5O2/c1-10-6-7-11(2)20(10)13-5-3-4-12(8-13)15-16-17-18-19(15)9-14(21)22/h3-8H,9H2,1-2H3,(H,21,22). The normalized spacial score (nSPS) is 10.8. The van der Waals surface area contributed by atoms with E-state index in [1.165, 1.54) is 4.68 Å². The first-order chi connectivity index (χ1) is 10.6. The molecule has 112 valence electrons. The summed E-state index contributed by atoms with van der Waals surface area (Å²) < 4.78 is 3.39. The summed E-state index contributed by atoms with van der Waals surface area (Å²) in [4.78, 5) is 10.9. The van der Waals surface area contributed by atoms with Crippen molar-refractivity contribution in [2.24, 2.45) is 0 Å². The summed E-state index contributed by atoms with van der Waals surface area (Å²) in [5, 5.41) is 20.1. The van der Waals surface area contributed by atoms with Crippen LogP contribution >= 0.6 is 0 Å². The summed E-state index contributed by atoms with van der Waals surface area (Å²) in [7, 11) is 0. The van der Waals surface area contributed by atoms with Crippen molar-refractivity contribution < 1.29 is 9.90 Å². The first-order valence-electron chi connectivity index (χ1n) is 6.80. The fourth-order valence-electron chi connectivity index (χ4n) is 2.51. The van der Waals surface area contributed by atoms with E-state index in [-0.39, 0.29) is 6.54 Å². The quantitative estimate of drug-likeness (QED) is 0.794. The van der Waals surface area contributed by atoms with Gasteiger partial charge in [0.2, 0.25) is 0 Å². The van der Waals surface area contributed by atoms with E-state index in [1.54, 1.807) is 0 Å². The maximum atomic E-state index is 10.9. The summed E-state index contributed by atoms with van der Waals surface area (Å²) in [6.45, 7) is 3.80. The molecule has 0 spiro atoms. The summed E-state index contributed by atoms with van der Waals surface area (Å²) in [5.41, 5.74) is 4.01. The highest BCUT2D eigenvalue weighted by Gasteiger charge is 2.13. The molecular weight excluding hydrogens is 282 g/mol. The molecule has 0 saturated carbocycles. The van der Waals surface area contributed by atoms with E-state index in [0.717, 1.165) is 22.6 Å². The number of carboxylic acid groups (broad SMARTS) is 1. The van der Waals surface area contributed by atoms with Gasteiger partial charge in [0, 0.05) is 22.6 Å². The number of aliphatic carboxylic acids is 1. The van der Waals surface area contributed by atoms with Crippen molar-refractivity contribution in [1.29, 1.82) is 0 Å². The molecule has 3 aromatic rings. The van der Waals surface area contributed by atoms with Crippen LogP contribution in [0.2, 0.25) is 0 Å². The number of carbonyl (C=O) groups is 1. The molecule has 0 bridgehead atoms. The molecule has 3 rings (SSSR count). The molecule has 2 heterocycles. The van der Waals surface area contributed by atoms with Gasteiger partial charge in [0.15, 0.2) is 5.82 Å². The lowest BCUT2D eigenvalue weighted by Gasteiger charge is -2.11. The van der Waals surface area contributed by atoms with Crippen LogP contribution in [-0.2, 0) is 11.3 Å². The number of benzene rings is 1. The zero-order valence-corrected chi connectivity index (χ0v) is 12.3. The zero-order chi connectivity index (χ0) is 15.7. The van der Waals surface area contributed by atoms with Crippen molar-refractivity contribution in [2.75, 3.05) is 0 Å². The predicted molar refractivity (Wildman–Crippen MR) is 79.7 cm³/mol. The lowest BCUT2D eigenvalue weighted by atomic mass is 10.2. The van der Waals surface area contributed by atoms with E-state index in [0.29, 0.717) is 5.82 Å². The van der Waals surface area contributed by atoms with Gasteiger partial charge in [-0.1, -0.05) is 12.1 Å². The van der Waals surface area contributed by atoms with Gasteiger partial charge < -0.3 is 9.67 Å². The molecule has 7 heteroatoms. The Morgan fingerprint density at radius 1 is 1.18 bits per heavy atom. The first kappa shape index (κ1) is 14.0. The molecule has 1 aromatic carbocycles. The predicted octanol–water partition coefficient (Wildman–Crippen LogP) is 1.83. The molecule has 0 aliphatic rings. The molecular formula is C15H15N5O2. The molecule has 0 atom stereocenters. The molecule has 0 aliphatic heterocycles. The second-order valence-corrected chi connectivity index (χ2v) is 5.06. The maximum Gasteiger partial charge on any atom is 0.325 e. The van der Waals surface area contributed by atoms with Crippen LogP contribution < -0.4 is 0 Å². The zero-order valence-electron chi connectivity index (χ0n) is 12.3. The Morgan fingerprint density at radius 2 is 1.91 bits per heavy atom. The Morgan fingerprint density at radius 3 is 2.59 bits per heavy atom. The Kier molecular flexibility index (Phi) is 3.46. The van der Waals surface area contributed by atoms with Crippen LogP contribution in [0.5, 0.6) is 0 Å². The number of carboxylic acids is 1. The lowest BCUT2D eigenvalue weighted by molar-refractivity contribution is -0.137. The highest BCUT2D eigenvalue weighted by molar-refractivity contribution is 5.68. The second-order valence-electron chi connectivity index (χ2n) is 5.06. The molecule has 1 N–H and O–H groups in total. The largest absolute Gasteiger partial charge is 0.480 e. The average molecular weight is 297 g/mol. The van der Waals surface area contributed by atoms with Crippen LogP contribution in [0, 0.1) is 13.8 Å². The molecule has 0 saturated heterocycles.